The molecule has 1 fully saturated rings. The molecule has 0 bridgehead atoms. The lowest BCUT2D eigenvalue weighted by Crippen LogP contribution is -2.46. The van der Waals surface area contributed by atoms with Crippen molar-refractivity contribution in [3.63, 3.8) is 0 Å². The van der Waals surface area contributed by atoms with E-state index in [2.05, 4.69) is 72.6 Å². The molecule has 4 rings (SSSR count). The van der Waals surface area contributed by atoms with Crippen LogP contribution in [0.3, 0.4) is 0 Å². The Labute approximate surface area is 268 Å². The van der Waals surface area contributed by atoms with Gasteiger partial charge in [0.1, 0.15) is 11.2 Å². The summed E-state index contributed by atoms with van der Waals surface area (Å²) < 4.78 is 2.47. The number of nitrogens with zero attached hydrogens (tertiary/aromatic N) is 5. The third kappa shape index (κ3) is 9.34. The molecule has 3 aromatic rings. The molecule has 41 heavy (non-hydrogen) atoms. The molecule has 0 aromatic carbocycles. The first-order valence-electron chi connectivity index (χ1n) is 13.0. The molecule has 3 aromatic heterocycles. The van der Waals surface area contributed by atoms with Crippen molar-refractivity contribution in [1.82, 2.24) is 30.0 Å². The Kier molecular flexibility index (Phi) is 12.4. The topological polar surface area (TPSA) is 93.7 Å². The maximum absolute atomic E-state index is 12.0. The molecular weight excluding hydrogens is 669 g/mol. The smallest absolute Gasteiger partial charge is 0.325 e. The van der Waals surface area contributed by atoms with E-state index in [1.165, 1.54) is 21.8 Å². The number of imide groups is 1. The summed E-state index contributed by atoms with van der Waals surface area (Å²) in [4.78, 5) is 39.5. The van der Waals surface area contributed by atoms with E-state index in [-0.39, 0.29) is 11.9 Å². The summed E-state index contributed by atoms with van der Waals surface area (Å²) in [6, 6.07) is 3.77. The van der Waals surface area contributed by atoms with Crippen LogP contribution in [0.15, 0.2) is 28.2 Å². The van der Waals surface area contributed by atoms with E-state index in [9.17, 15) is 9.59 Å². The second kappa shape index (κ2) is 15.1. The number of halogens is 3. The normalized spacial score (nSPS) is 14.5. The molecule has 14 heteroatoms. The van der Waals surface area contributed by atoms with Crippen molar-refractivity contribution in [1.29, 1.82) is 0 Å². The standard InChI is InChI=1S/C19H24BrClN6O2S.C8H12ClNS/c1-19(2)16(28)25-18(29)27(19)8-6-22-17-23-10-12(20)14(24-17)13-9-11(15(21)30-13)5-7-26(3)4;1-10(2)5-3-7-4-6-11-8(7)9/h9-10H,5-8H2,1-4H3,(H,22,23,24)(H,25,28,29);4,6H,3,5H2,1-2H3. The molecule has 9 nitrogen and oxygen atoms in total. The predicted octanol–water partition coefficient (Wildman–Crippen LogP) is 5.97. The predicted molar refractivity (Wildman–Crippen MR) is 175 cm³/mol. The Bertz CT molecular complexity index is 1350. The van der Waals surface area contributed by atoms with Gasteiger partial charge in [0.05, 0.1) is 18.0 Å². The third-order valence-electron chi connectivity index (χ3n) is 6.40. The van der Waals surface area contributed by atoms with Crippen LogP contribution in [-0.2, 0) is 17.6 Å². The molecule has 3 amide bonds. The summed E-state index contributed by atoms with van der Waals surface area (Å²) in [5, 5.41) is 7.50. The highest BCUT2D eigenvalue weighted by Gasteiger charge is 2.45. The molecule has 0 radical (unpaired) electrons. The van der Waals surface area contributed by atoms with E-state index in [1.54, 1.807) is 31.4 Å². The molecule has 2 N–H and O–H groups in total. The van der Waals surface area contributed by atoms with Gasteiger partial charge in [-0.25, -0.2) is 14.8 Å². The van der Waals surface area contributed by atoms with Gasteiger partial charge in [-0.05, 0) is 99.4 Å². The number of hydrogen-bond donors (Lipinski definition) is 2. The molecule has 1 saturated heterocycles. The number of carbonyl (C=O) groups excluding carboxylic acids is 2. The van der Waals surface area contributed by atoms with Gasteiger partial charge < -0.3 is 20.0 Å². The van der Waals surface area contributed by atoms with E-state index in [1.807, 2.05) is 19.5 Å². The van der Waals surface area contributed by atoms with Crippen molar-refractivity contribution in [2.45, 2.75) is 32.2 Å². The molecule has 4 heterocycles. The number of anilines is 1. The zero-order chi connectivity index (χ0) is 30.3. The minimum Gasteiger partial charge on any atom is -0.352 e. The largest absolute Gasteiger partial charge is 0.352 e. The zero-order valence-corrected chi connectivity index (χ0v) is 28.8. The second-order valence-electron chi connectivity index (χ2n) is 10.5. The second-order valence-corrected chi connectivity index (χ2v) is 14.5. The fourth-order valence-corrected chi connectivity index (χ4v) is 6.72. The number of urea groups is 1. The van der Waals surface area contributed by atoms with Crippen LogP contribution >= 0.6 is 61.8 Å². The SMILES string of the molecule is CN(C)CCc1cc(-c2nc(NCCN3C(=O)NC(=O)C3(C)C)ncc2Br)sc1Cl.CN(C)CCc1ccsc1Cl. The number of aromatic nitrogens is 2. The van der Waals surface area contributed by atoms with Gasteiger partial charge in [-0.1, -0.05) is 23.2 Å². The summed E-state index contributed by atoms with van der Waals surface area (Å²) in [5.41, 5.74) is 2.24. The number of hydrogen-bond acceptors (Lipinski definition) is 9. The van der Waals surface area contributed by atoms with Crippen molar-refractivity contribution in [2.75, 3.05) is 59.7 Å². The lowest BCUT2D eigenvalue weighted by atomic mass is 10.0. The lowest BCUT2D eigenvalue weighted by molar-refractivity contribution is -0.125. The average molecular weight is 706 g/mol. The van der Waals surface area contributed by atoms with Crippen LogP contribution in [0.2, 0.25) is 8.67 Å². The molecule has 1 aliphatic heterocycles. The highest BCUT2D eigenvalue weighted by Crippen LogP contribution is 2.37. The lowest BCUT2D eigenvalue weighted by Gasteiger charge is -2.27. The Hall–Kier alpha value is -1.80. The fourth-order valence-electron chi connectivity index (χ4n) is 3.86. The van der Waals surface area contributed by atoms with Crippen LogP contribution in [0, 0.1) is 0 Å². The average Bonchev–Trinajstić information content (AvgIpc) is 3.54. The van der Waals surface area contributed by atoms with Crippen molar-refractivity contribution < 1.29 is 9.59 Å². The van der Waals surface area contributed by atoms with Gasteiger partial charge in [0.15, 0.2) is 0 Å². The minimum atomic E-state index is -0.874. The van der Waals surface area contributed by atoms with Gasteiger partial charge in [0.25, 0.3) is 5.91 Å². The van der Waals surface area contributed by atoms with Gasteiger partial charge in [-0.15, -0.1) is 22.7 Å². The first kappa shape index (κ1) is 33.7. The maximum Gasteiger partial charge on any atom is 0.325 e. The molecule has 0 saturated carbocycles. The number of rotatable bonds is 11. The van der Waals surface area contributed by atoms with Gasteiger partial charge in [0, 0.05) is 32.4 Å². The van der Waals surface area contributed by atoms with Crippen LogP contribution < -0.4 is 10.6 Å². The van der Waals surface area contributed by atoms with Gasteiger partial charge >= 0.3 is 6.03 Å². The zero-order valence-electron chi connectivity index (χ0n) is 24.1. The number of amides is 3. The van der Waals surface area contributed by atoms with Crippen LogP contribution in [-0.4, -0.2) is 96.5 Å². The first-order chi connectivity index (χ1) is 19.3. The van der Waals surface area contributed by atoms with E-state index in [0.717, 1.165) is 55.2 Å². The maximum atomic E-state index is 12.0. The quantitative estimate of drug-likeness (QED) is 0.238. The van der Waals surface area contributed by atoms with Crippen LogP contribution in [0.5, 0.6) is 0 Å². The van der Waals surface area contributed by atoms with Crippen molar-refractivity contribution >= 4 is 79.7 Å². The monoisotopic (exact) mass is 703 g/mol. The van der Waals surface area contributed by atoms with E-state index in [4.69, 9.17) is 23.2 Å². The highest BCUT2D eigenvalue weighted by atomic mass is 79.9. The number of carbonyl (C=O) groups is 2. The molecule has 0 atom stereocenters. The Morgan fingerprint density at radius 3 is 2.29 bits per heavy atom. The highest BCUT2D eigenvalue weighted by molar-refractivity contribution is 9.10. The summed E-state index contributed by atoms with van der Waals surface area (Å²) >= 11 is 19.0. The van der Waals surface area contributed by atoms with Crippen molar-refractivity contribution in [3.8, 4) is 10.6 Å². The summed E-state index contributed by atoms with van der Waals surface area (Å²) in [6.45, 7) is 6.17. The number of likely N-dealkylation sites (N-methyl/N-ethyl adjacent to an activating group) is 2. The Balaban J connectivity index is 0.000000352. The van der Waals surface area contributed by atoms with Crippen molar-refractivity contribution in [2.24, 2.45) is 0 Å². The fraction of sp³-hybridized carbons (Fsp3) is 0.481. The third-order valence-corrected chi connectivity index (χ3v) is 9.68. The number of nitrogens with one attached hydrogen (secondary N) is 2. The molecular formula is C27H36BrCl2N7O2S2. The number of thiophene rings is 2. The first-order valence-corrected chi connectivity index (χ1v) is 16.2. The van der Waals surface area contributed by atoms with Crippen LogP contribution in [0.4, 0.5) is 10.7 Å². The molecule has 224 valence electrons. The van der Waals surface area contributed by atoms with E-state index < -0.39 is 5.54 Å². The van der Waals surface area contributed by atoms with Gasteiger partial charge in [-0.3, -0.25) is 10.1 Å². The van der Waals surface area contributed by atoms with Crippen LogP contribution in [0.1, 0.15) is 25.0 Å². The van der Waals surface area contributed by atoms with E-state index >= 15 is 0 Å². The summed E-state index contributed by atoms with van der Waals surface area (Å²) in [6.07, 6.45) is 3.60. The molecule has 0 spiro atoms. The van der Waals surface area contributed by atoms with Crippen LogP contribution in [0.25, 0.3) is 10.6 Å². The van der Waals surface area contributed by atoms with E-state index in [0.29, 0.717) is 19.0 Å². The summed E-state index contributed by atoms with van der Waals surface area (Å²) in [5.74, 6) is 0.144. The Morgan fingerprint density at radius 1 is 1.07 bits per heavy atom. The summed E-state index contributed by atoms with van der Waals surface area (Å²) in [7, 11) is 8.20. The molecule has 0 aliphatic carbocycles. The Morgan fingerprint density at radius 2 is 1.73 bits per heavy atom. The van der Waals surface area contributed by atoms with Crippen molar-refractivity contribution in [3.05, 3.63) is 48.0 Å². The van der Waals surface area contributed by atoms with Gasteiger partial charge in [0.2, 0.25) is 5.95 Å². The minimum absolute atomic E-state index is 0.297. The van der Waals surface area contributed by atoms with Gasteiger partial charge in [-0.2, -0.15) is 0 Å². The molecule has 0 unspecified atom stereocenters. The molecule has 1 aliphatic rings.